The summed E-state index contributed by atoms with van der Waals surface area (Å²) in [5.41, 5.74) is 3.40. The van der Waals surface area contributed by atoms with Crippen LogP contribution in [0.4, 0.5) is 0 Å². The SMILES string of the molecule is COC(=O)C(=C=C(C)C)OCC(O)CO. The summed E-state index contributed by atoms with van der Waals surface area (Å²) in [5, 5.41) is 17.6. The van der Waals surface area contributed by atoms with Crippen LogP contribution in [0.5, 0.6) is 0 Å². The quantitative estimate of drug-likeness (QED) is 0.292. The third-order valence-electron chi connectivity index (χ3n) is 1.37. The van der Waals surface area contributed by atoms with Crippen molar-refractivity contribution in [3.63, 3.8) is 0 Å². The molecule has 5 heteroatoms. The van der Waals surface area contributed by atoms with Crippen molar-refractivity contribution in [2.24, 2.45) is 0 Å². The van der Waals surface area contributed by atoms with Gasteiger partial charge in [-0.2, -0.15) is 0 Å². The number of rotatable bonds is 5. The van der Waals surface area contributed by atoms with Gasteiger partial charge in [-0.05, 0) is 19.4 Å². The standard InChI is InChI=1S/C10H16O5/c1-7(2)4-9(10(13)14-3)15-6-8(12)5-11/h8,11-12H,5-6H2,1-3H3. The fourth-order valence-electron chi connectivity index (χ4n) is 0.698. The van der Waals surface area contributed by atoms with Gasteiger partial charge in [-0.15, -0.1) is 0 Å². The maximum absolute atomic E-state index is 11.1. The zero-order valence-corrected chi connectivity index (χ0v) is 9.11. The first-order valence-electron chi connectivity index (χ1n) is 4.45. The van der Waals surface area contributed by atoms with E-state index in [2.05, 4.69) is 10.5 Å². The Morgan fingerprint density at radius 1 is 1.47 bits per heavy atom. The fraction of sp³-hybridized carbons (Fsp3) is 0.600. The van der Waals surface area contributed by atoms with Crippen LogP contribution in [-0.2, 0) is 14.3 Å². The molecule has 0 aromatic heterocycles. The van der Waals surface area contributed by atoms with E-state index in [0.29, 0.717) is 0 Å². The van der Waals surface area contributed by atoms with E-state index in [0.717, 1.165) is 5.57 Å². The Morgan fingerprint density at radius 3 is 2.47 bits per heavy atom. The molecular formula is C10H16O5. The highest BCUT2D eigenvalue weighted by atomic mass is 16.6. The molecule has 0 aliphatic heterocycles. The van der Waals surface area contributed by atoms with Crippen molar-refractivity contribution >= 4 is 5.97 Å². The normalized spacial score (nSPS) is 11.3. The average molecular weight is 216 g/mol. The van der Waals surface area contributed by atoms with Crippen molar-refractivity contribution in [3.8, 4) is 0 Å². The molecule has 0 aromatic carbocycles. The Hall–Kier alpha value is -1.29. The fourth-order valence-corrected chi connectivity index (χ4v) is 0.698. The summed E-state index contributed by atoms with van der Waals surface area (Å²) in [4.78, 5) is 11.1. The zero-order chi connectivity index (χ0) is 11.8. The summed E-state index contributed by atoms with van der Waals surface area (Å²) in [5.74, 6) is -0.772. The van der Waals surface area contributed by atoms with Gasteiger partial charge in [0.05, 0.1) is 13.7 Å². The predicted octanol–water partition coefficient (Wildman–Crippen LogP) is -0.0218. The van der Waals surface area contributed by atoms with E-state index in [1.807, 2.05) is 0 Å². The van der Waals surface area contributed by atoms with Crippen molar-refractivity contribution in [3.05, 3.63) is 17.1 Å². The molecule has 0 rings (SSSR count). The molecule has 2 N–H and O–H groups in total. The smallest absolute Gasteiger partial charge is 0.381 e. The summed E-state index contributed by atoms with van der Waals surface area (Å²) in [6.45, 7) is 2.88. The molecule has 86 valence electrons. The van der Waals surface area contributed by atoms with E-state index >= 15 is 0 Å². The van der Waals surface area contributed by atoms with Gasteiger partial charge in [0.15, 0.2) is 0 Å². The topological polar surface area (TPSA) is 76.0 Å². The average Bonchev–Trinajstić information content (AvgIpc) is 2.21. The van der Waals surface area contributed by atoms with Gasteiger partial charge in [0.2, 0.25) is 5.76 Å². The molecule has 1 atom stereocenters. The van der Waals surface area contributed by atoms with E-state index in [1.165, 1.54) is 7.11 Å². The zero-order valence-electron chi connectivity index (χ0n) is 9.11. The Bertz CT molecular complexity index is 272. The first-order valence-corrected chi connectivity index (χ1v) is 4.45. The number of carbonyl (C=O) groups excluding carboxylic acids is 1. The second-order valence-electron chi connectivity index (χ2n) is 3.09. The molecule has 15 heavy (non-hydrogen) atoms. The minimum atomic E-state index is -1.02. The molecule has 0 bridgehead atoms. The molecule has 0 fully saturated rings. The van der Waals surface area contributed by atoms with E-state index in [9.17, 15) is 4.79 Å². The molecule has 0 amide bonds. The van der Waals surface area contributed by atoms with Gasteiger partial charge < -0.3 is 19.7 Å². The lowest BCUT2D eigenvalue weighted by molar-refractivity contribution is -0.140. The molecule has 1 unspecified atom stereocenters. The molecule has 0 aliphatic carbocycles. The monoisotopic (exact) mass is 216 g/mol. The van der Waals surface area contributed by atoms with Crippen LogP contribution in [0.25, 0.3) is 0 Å². The molecular weight excluding hydrogens is 200 g/mol. The van der Waals surface area contributed by atoms with Gasteiger partial charge in [0.1, 0.15) is 12.7 Å². The number of ether oxygens (including phenoxy) is 2. The number of esters is 1. The Balaban J connectivity index is 4.56. The highest BCUT2D eigenvalue weighted by molar-refractivity contribution is 5.85. The van der Waals surface area contributed by atoms with Crippen molar-refractivity contribution in [2.45, 2.75) is 20.0 Å². The maximum Gasteiger partial charge on any atom is 0.381 e. The Morgan fingerprint density at radius 2 is 2.07 bits per heavy atom. The van der Waals surface area contributed by atoms with Gasteiger partial charge in [-0.1, -0.05) is 5.73 Å². The van der Waals surface area contributed by atoms with Gasteiger partial charge in [0, 0.05) is 0 Å². The van der Waals surface area contributed by atoms with E-state index in [1.54, 1.807) is 13.8 Å². The lowest BCUT2D eigenvalue weighted by Crippen LogP contribution is -2.21. The Kier molecular flexibility index (Phi) is 6.45. The molecule has 0 aromatic rings. The van der Waals surface area contributed by atoms with E-state index < -0.39 is 18.7 Å². The number of aliphatic hydroxyl groups is 2. The van der Waals surface area contributed by atoms with Gasteiger partial charge in [-0.25, -0.2) is 4.79 Å². The van der Waals surface area contributed by atoms with Crippen LogP contribution in [0.1, 0.15) is 13.8 Å². The van der Waals surface area contributed by atoms with Crippen LogP contribution < -0.4 is 0 Å². The second kappa shape index (κ2) is 7.06. The van der Waals surface area contributed by atoms with Gasteiger partial charge in [0.25, 0.3) is 0 Å². The summed E-state index contributed by atoms with van der Waals surface area (Å²) in [7, 11) is 1.22. The lowest BCUT2D eigenvalue weighted by atomic mass is 10.3. The van der Waals surface area contributed by atoms with Crippen molar-refractivity contribution in [1.29, 1.82) is 0 Å². The predicted molar refractivity (Wildman–Crippen MR) is 52.9 cm³/mol. The van der Waals surface area contributed by atoms with Crippen molar-refractivity contribution in [2.75, 3.05) is 20.3 Å². The summed E-state index contributed by atoms with van der Waals surface area (Å²) >= 11 is 0. The van der Waals surface area contributed by atoms with E-state index in [4.69, 9.17) is 14.9 Å². The lowest BCUT2D eigenvalue weighted by Gasteiger charge is -2.09. The molecule has 0 aliphatic rings. The van der Waals surface area contributed by atoms with Crippen LogP contribution in [-0.4, -0.2) is 42.6 Å². The maximum atomic E-state index is 11.1. The van der Waals surface area contributed by atoms with E-state index in [-0.39, 0.29) is 12.4 Å². The minimum Gasteiger partial charge on any atom is -0.478 e. The Labute approximate surface area is 88.6 Å². The molecule has 0 heterocycles. The number of hydrogen-bond donors (Lipinski definition) is 2. The van der Waals surface area contributed by atoms with Crippen LogP contribution in [0.15, 0.2) is 17.1 Å². The second-order valence-corrected chi connectivity index (χ2v) is 3.09. The number of aliphatic hydroxyl groups excluding tert-OH is 2. The number of methoxy groups -OCH3 is 1. The van der Waals surface area contributed by atoms with Crippen molar-refractivity contribution < 1.29 is 24.5 Å². The third kappa shape index (κ3) is 5.91. The minimum absolute atomic E-state index is 0.106. The van der Waals surface area contributed by atoms with Crippen LogP contribution in [0.3, 0.4) is 0 Å². The number of hydrogen-bond acceptors (Lipinski definition) is 5. The first-order chi connectivity index (χ1) is 7.01. The van der Waals surface area contributed by atoms with Gasteiger partial charge >= 0.3 is 5.97 Å². The number of carbonyl (C=O) groups is 1. The molecule has 0 radical (unpaired) electrons. The van der Waals surface area contributed by atoms with Crippen LogP contribution >= 0.6 is 0 Å². The van der Waals surface area contributed by atoms with Gasteiger partial charge in [-0.3, -0.25) is 0 Å². The highest BCUT2D eigenvalue weighted by Crippen LogP contribution is 2.01. The first kappa shape index (κ1) is 13.7. The summed E-state index contributed by atoms with van der Waals surface area (Å²) in [6.07, 6.45) is -1.02. The van der Waals surface area contributed by atoms with Crippen molar-refractivity contribution in [1.82, 2.24) is 0 Å². The van der Waals surface area contributed by atoms with Crippen LogP contribution in [0.2, 0.25) is 0 Å². The molecule has 0 saturated carbocycles. The molecule has 0 saturated heterocycles. The molecule has 5 nitrogen and oxygen atoms in total. The highest BCUT2D eigenvalue weighted by Gasteiger charge is 2.12. The molecule has 0 spiro atoms. The largest absolute Gasteiger partial charge is 0.478 e. The van der Waals surface area contributed by atoms with Crippen LogP contribution in [0, 0.1) is 0 Å². The third-order valence-corrected chi connectivity index (χ3v) is 1.37. The summed E-state index contributed by atoms with van der Waals surface area (Å²) < 4.78 is 9.42. The summed E-state index contributed by atoms with van der Waals surface area (Å²) in [6, 6.07) is 0.